The number of rotatable bonds is 10. The molecule has 16 aromatic carbocycles. The van der Waals surface area contributed by atoms with Crippen molar-refractivity contribution in [1.82, 2.24) is 28.0 Å². The van der Waals surface area contributed by atoms with Crippen LogP contribution in [0.3, 0.4) is 0 Å². The zero-order valence-corrected chi connectivity index (χ0v) is 76.0. The van der Waals surface area contributed by atoms with Gasteiger partial charge in [0.25, 0.3) is 0 Å². The fourth-order valence-corrected chi connectivity index (χ4v) is 83.5. The van der Waals surface area contributed by atoms with E-state index in [1.807, 2.05) is 10.6 Å². The van der Waals surface area contributed by atoms with Crippen molar-refractivity contribution >= 4 is 319 Å². The Balaban J connectivity index is 0.0000000795. The van der Waals surface area contributed by atoms with E-state index in [4.69, 9.17) is 9.72 Å². The molecular formula is C98H76B20N6P4-4. The summed E-state index contributed by atoms with van der Waals surface area (Å²) in [5.74, 6) is 0. The Hall–Kier alpha value is -10.3. The first-order valence-corrected chi connectivity index (χ1v) is 59.2. The molecule has 0 amide bonds. The third-order valence-electron chi connectivity index (χ3n) is 39.9. The van der Waals surface area contributed by atoms with Gasteiger partial charge >= 0.3 is 442 Å². The normalized spacial score (nSPS) is 20.8. The minimum atomic E-state index is -1.86. The van der Waals surface area contributed by atoms with Crippen molar-refractivity contribution in [3.63, 3.8) is 0 Å². The molecule has 14 saturated heterocycles. The maximum absolute atomic E-state index is 4.88. The maximum atomic E-state index is 4.88. The molecule has 20 aromatic rings. The number of nitrogens with one attached hydrogen (secondary N) is 2. The number of aromatic nitrogens is 4. The number of benzene rings is 16. The van der Waals surface area contributed by atoms with Gasteiger partial charge in [-0.15, -0.1) is 0 Å². The van der Waals surface area contributed by atoms with Crippen LogP contribution in [0, 0.1) is 13.8 Å². The van der Waals surface area contributed by atoms with Crippen LogP contribution in [0.15, 0.2) is 364 Å². The van der Waals surface area contributed by atoms with Gasteiger partial charge in [0.15, 0.2) is 0 Å². The molecule has 0 saturated carbocycles. The molecule has 18 aliphatic rings. The number of para-hydroxylation sites is 9. The molecule has 0 unspecified atom stereocenters. The van der Waals surface area contributed by atoms with Crippen LogP contribution < -0.4 is 85.9 Å². The predicted molar refractivity (Wildman–Crippen MR) is 593 cm³/mol. The zero-order valence-electron chi connectivity index (χ0n) is 72.5. The second kappa shape index (κ2) is 23.1. The Morgan fingerprint density at radius 3 is 1.12 bits per heavy atom. The van der Waals surface area contributed by atoms with Crippen LogP contribution in [0.2, 0.25) is 0 Å². The van der Waals surface area contributed by atoms with Crippen LogP contribution in [0.25, 0.3) is 110 Å². The molecule has 0 atom stereocenters. The van der Waals surface area contributed by atoms with E-state index in [9.17, 15) is 0 Å². The molecule has 2 spiro atoms. The standard InChI is InChI=1S/2C25H18BN.2C24H20B9N2P2/c1-17-9-7-12-19-20-13-8-15-22-25(20)27(24(17)19)23-16-6-5-14-21(23)26(22)18-10-3-2-4-11-18;1-17-14-15-19-20-10-7-12-22-25(20)27(24(19)16-17)23-13-6-5-11-21(23)26(22)18-8-3-2-4-9-18;1-2-8-16(9-3-1)28-20-11-5-7-13-23(20)35-22-12-6-4-10-18(22)19-14-17(15-21(28)24(19)35)36(29-25-30(36)33(29)36)34-37-26-31(37)32(37)27-37;1-2-8-16(9-3-1)28-18-11-5-7-13-21(18)35-20-12-6-4-10-17(20)23-22(15-14-19(28)24(23)35)36(29-25-30(36)33(29)36)34-37-26-31(37)32(37)27-37/h2*2-16H,1H3;2*1-15,34H,25-26H2/q;;2*-2. The van der Waals surface area contributed by atoms with E-state index in [1.54, 1.807) is 10.8 Å². The Labute approximate surface area is 752 Å². The van der Waals surface area contributed by atoms with Crippen molar-refractivity contribution in [2.45, 2.75) is 13.8 Å². The summed E-state index contributed by atoms with van der Waals surface area (Å²) in [7, 11) is 0.627. The van der Waals surface area contributed by atoms with E-state index in [0.717, 1.165) is 49.7 Å². The predicted octanol–water partition coefficient (Wildman–Crippen LogP) is 7.64. The van der Waals surface area contributed by atoms with E-state index in [1.165, 1.54) is 188 Å². The quantitative estimate of drug-likeness (QED) is 0.109. The zero-order chi connectivity index (χ0) is 83.0. The Bertz CT molecular complexity index is 8610. The third kappa shape index (κ3) is 8.01. The summed E-state index contributed by atoms with van der Waals surface area (Å²) >= 11 is 0. The number of hydrogen-bond donors (Lipinski definition) is 2. The van der Waals surface area contributed by atoms with Crippen LogP contribution in [-0.2, 0) is 0 Å². The monoisotopic (exact) mass is 1680 g/mol. The molecule has 2 N–H and O–H groups in total. The number of nitrogens with zero attached hydrogens (tertiary/aromatic N) is 4. The van der Waals surface area contributed by atoms with Gasteiger partial charge in [-0.2, -0.15) is 0 Å². The molecule has 582 valence electrons. The summed E-state index contributed by atoms with van der Waals surface area (Å²) in [6.07, 6.45) is 5.34. The molecule has 14 fully saturated rings. The summed E-state index contributed by atoms with van der Waals surface area (Å²) in [5.41, 5.74) is 36.1. The van der Waals surface area contributed by atoms with Crippen molar-refractivity contribution in [3.05, 3.63) is 375 Å². The summed E-state index contributed by atoms with van der Waals surface area (Å²) < 4.78 is 10.2. The molecule has 38 rings (SSSR count). The molecule has 30 heteroatoms. The first-order chi connectivity index (χ1) is 63.1. The summed E-state index contributed by atoms with van der Waals surface area (Å²) in [4.78, 5) is 9.73. The molecular weight excluding hydrogens is 1600 g/mol. The first-order valence-electron chi connectivity index (χ1n) is 48.5. The van der Waals surface area contributed by atoms with Crippen LogP contribution in [-0.4, -0.2) is 149 Å². The molecule has 4 bridgehead atoms. The van der Waals surface area contributed by atoms with Gasteiger partial charge in [-0.25, -0.2) is 0 Å². The molecule has 2 radical (unpaired) electrons. The summed E-state index contributed by atoms with van der Waals surface area (Å²) in [6, 6.07) is 137. The van der Waals surface area contributed by atoms with Gasteiger partial charge in [-0.1, -0.05) is 175 Å². The second-order valence-corrected chi connectivity index (χ2v) is 67.9. The van der Waals surface area contributed by atoms with Gasteiger partial charge in [0, 0.05) is 44.0 Å². The molecule has 6 nitrogen and oxygen atoms in total. The van der Waals surface area contributed by atoms with Crippen molar-refractivity contribution in [3.8, 4) is 22.7 Å². The van der Waals surface area contributed by atoms with Gasteiger partial charge in [0.2, 0.25) is 13.4 Å². The van der Waals surface area contributed by atoms with E-state index < -0.39 is 25.3 Å². The van der Waals surface area contributed by atoms with Gasteiger partial charge in [0.05, 0.1) is 11.0 Å². The fourth-order valence-electron chi connectivity index (χ4n) is 33.3. The third-order valence-corrected chi connectivity index (χ3v) is 75.6. The average Bonchev–Trinajstić information content (AvgIpc) is 1.33. The van der Waals surface area contributed by atoms with Gasteiger partial charge in [0.1, 0.15) is 0 Å². The van der Waals surface area contributed by atoms with E-state index in [0.29, 0.717) is 41.3 Å². The fraction of sp³-hybridized carbons (Fsp3) is 0.0204. The number of aryl methyl sites for hydroxylation is 2. The van der Waals surface area contributed by atoms with Crippen LogP contribution in [0.4, 0.5) is 0 Å². The minimum absolute atomic E-state index is 0.267. The summed E-state index contributed by atoms with van der Waals surface area (Å²) in [5, 5.41) is 15.1. The average molecular weight is 1680 g/mol. The SMILES string of the molecule is Cc1ccc2c3cccc4c3n(c2c1)-c1ccccc1B4c1ccccc1.Cc1cccc2c3cccc4c3n(c12)-c1ccccc1B4c1ccccc1.[B]1B2B3[BH2-]P123NP12(c3cc4c5c(c3)c3ccccc3n5-c3ccccc3B4c3ccccc3)B3[BH2-]B1B32.[B]1B2B3[BH2-]P123NP12(c3ccc4c5c3c3ccccc3n5-c3ccccc3B4c3ccccc3)B3[BH2-]B1B32. The molecule has 4 aromatic heterocycles. The van der Waals surface area contributed by atoms with Gasteiger partial charge < -0.3 is 9.13 Å². The van der Waals surface area contributed by atoms with E-state index >= 15 is 0 Å². The number of fused-ring (bicyclic) bond motifs is 22. The number of hydrogen-bond acceptors (Lipinski definition) is 2. The molecule has 18 aliphatic heterocycles. The van der Waals surface area contributed by atoms with E-state index in [-0.39, 0.29) is 13.4 Å². The van der Waals surface area contributed by atoms with Crippen LogP contribution in [0.5, 0.6) is 0 Å². The Morgan fingerprint density at radius 1 is 0.273 bits per heavy atom. The van der Waals surface area contributed by atoms with E-state index in [2.05, 4.69) is 410 Å². The summed E-state index contributed by atoms with van der Waals surface area (Å²) in [6.45, 7) is 12.1. The first kappa shape index (κ1) is 71.5. The topological polar surface area (TPSA) is 43.8 Å². The van der Waals surface area contributed by atoms with Crippen molar-refractivity contribution in [1.29, 1.82) is 0 Å². The van der Waals surface area contributed by atoms with Gasteiger partial charge in [-0.05, 0) is 65.0 Å². The second-order valence-electron chi connectivity index (χ2n) is 43.7. The Kier molecular flexibility index (Phi) is 12.9. The van der Waals surface area contributed by atoms with Gasteiger partial charge in [-0.3, -0.25) is 0 Å². The molecule has 128 heavy (non-hydrogen) atoms. The van der Waals surface area contributed by atoms with Crippen LogP contribution >= 0.6 is 25.3 Å². The Morgan fingerprint density at radius 2 is 0.641 bits per heavy atom. The van der Waals surface area contributed by atoms with Crippen molar-refractivity contribution in [2.75, 3.05) is 0 Å². The van der Waals surface area contributed by atoms with Crippen LogP contribution in [0.1, 0.15) is 11.1 Å². The van der Waals surface area contributed by atoms with Crippen molar-refractivity contribution in [2.24, 2.45) is 0 Å². The molecule has 22 heterocycles. The molecule has 0 aliphatic carbocycles. The van der Waals surface area contributed by atoms with Crippen molar-refractivity contribution < 1.29 is 0 Å².